The Morgan fingerprint density at radius 3 is 2.27 bits per heavy atom. The first-order valence-corrected chi connectivity index (χ1v) is 8.70. The minimum atomic E-state index is -0.103. The number of anilines is 2. The fourth-order valence-corrected chi connectivity index (χ4v) is 2.60. The Hall–Kier alpha value is -2.98. The number of carbonyl (C=O) groups excluding carboxylic acids is 1. The average Bonchev–Trinajstić information content (AvgIpc) is 2.66. The monoisotopic (exact) mass is 366 g/mol. The topological polar surface area (TPSA) is 50.4 Å². The molecule has 0 saturated heterocycles. The molecule has 0 aliphatic rings. The second kappa shape index (κ2) is 8.92. The third kappa shape index (κ3) is 5.01. The van der Waals surface area contributed by atoms with E-state index in [-0.39, 0.29) is 5.91 Å². The number of hydrogen-bond donors (Lipinski definition) is 2. The zero-order valence-corrected chi connectivity index (χ0v) is 14.9. The molecule has 3 aromatic rings. The first-order valence-electron chi connectivity index (χ1n) is 8.32. The average molecular weight is 367 g/mol. The van der Waals surface area contributed by atoms with Gasteiger partial charge in [0.1, 0.15) is 5.75 Å². The van der Waals surface area contributed by atoms with Gasteiger partial charge in [0.15, 0.2) is 5.75 Å². The maximum Gasteiger partial charge on any atom is 0.226 e. The van der Waals surface area contributed by atoms with Crippen LogP contribution in [0.3, 0.4) is 0 Å². The minimum absolute atomic E-state index is 0.103. The van der Waals surface area contributed by atoms with Crippen LogP contribution >= 0.6 is 11.6 Å². The van der Waals surface area contributed by atoms with Gasteiger partial charge in [-0.05, 0) is 36.4 Å². The van der Waals surface area contributed by atoms with Gasteiger partial charge < -0.3 is 15.4 Å². The van der Waals surface area contributed by atoms with Crippen molar-refractivity contribution in [1.82, 2.24) is 0 Å². The Morgan fingerprint density at radius 2 is 1.50 bits per heavy atom. The van der Waals surface area contributed by atoms with Crippen LogP contribution in [0, 0.1) is 0 Å². The van der Waals surface area contributed by atoms with E-state index < -0.39 is 0 Å². The number of nitrogens with one attached hydrogen (secondary N) is 2. The van der Waals surface area contributed by atoms with Crippen molar-refractivity contribution in [1.29, 1.82) is 0 Å². The number of halogens is 1. The number of para-hydroxylation sites is 4. The molecule has 0 unspecified atom stereocenters. The van der Waals surface area contributed by atoms with E-state index in [4.69, 9.17) is 16.3 Å². The summed E-state index contributed by atoms with van der Waals surface area (Å²) in [7, 11) is 0. The van der Waals surface area contributed by atoms with Crippen LogP contribution in [-0.4, -0.2) is 12.5 Å². The highest BCUT2D eigenvalue weighted by atomic mass is 35.5. The van der Waals surface area contributed by atoms with Gasteiger partial charge in [-0.1, -0.05) is 54.1 Å². The zero-order chi connectivity index (χ0) is 18.2. The molecule has 0 aliphatic carbocycles. The maximum atomic E-state index is 12.3. The van der Waals surface area contributed by atoms with Crippen molar-refractivity contribution >= 4 is 28.9 Å². The van der Waals surface area contributed by atoms with Crippen molar-refractivity contribution in [3.63, 3.8) is 0 Å². The lowest BCUT2D eigenvalue weighted by molar-refractivity contribution is -0.116. The Kier molecular flexibility index (Phi) is 6.12. The maximum absolute atomic E-state index is 12.3. The fraction of sp³-hybridized carbons (Fsp3) is 0.0952. The molecule has 5 heteroatoms. The molecular formula is C21H19ClN2O2. The third-order valence-electron chi connectivity index (χ3n) is 3.67. The SMILES string of the molecule is O=C(CCNc1ccccc1Cl)Nc1ccccc1Oc1ccccc1. The Bertz CT molecular complexity index is 869. The molecule has 0 fully saturated rings. The third-order valence-corrected chi connectivity index (χ3v) is 4.00. The van der Waals surface area contributed by atoms with Gasteiger partial charge in [-0.15, -0.1) is 0 Å². The van der Waals surface area contributed by atoms with Crippen LogP contribution in [0.15, 0.2) is 78.9 Å². The highest BCUT2D eigenvalue weighted by molar-refractivity contribution is 6.33. The smallest absolute Gasteiger partial charge is 0.226 e. The van der Waals surface area contributed by atoms with E-state index in [0.29, 0.717) is 29.4 Å². The number of carbonyl (C=O) groups is 1. The summed E-state index contributed by atoms with van der Waals surface area (Å²) in [5.41, 5.74) is 1.45. The Balaban J connectivity index is 1.57. The number of ether oxygens (including phenoxy) is 1. The first-order chi connectivity index (χ1) is 12.7. The first kappa shape index (κ1) is 17.8. The van der Waals surface area contributed by atoms with Crippen LogP contribution in [0.4, 0.5) is 11.4 Å². The minimum Gasteiger partial charge on any atom is -0.455 e. The fourth-order valence-electron chi connectivity index (χ4n) is 2.40. The summed E-state index contributed by atoms with van der Waals surface area (Å²) in [6, 6.07) is 24.3. The highest BCUT2D eigenvalue weighted by Crippen LogP contribution is 2.29. The van der Waals surface area contributed by atoms with Crippen LogP contribution in [0.1, 0.15) is 6.42 Å². The molecule has 0 atom stereocenters. The highest BCUT2D eigenvalue weighted by Gasteiger charge is 2.08. The van der Waals surface area contributed by atoms with E-state index in [2.05, 4.69) is 10.6 Å². The molecular weight excluding hydrogens is 348 g/mol. The van der Waals surface area contributed by atoms with Crippen molar-refractivity contribution in [2.75, 3.05) is 17.2 Å². The van der Waals surface area contributed by atoms with Crippen molar-refractivity contribution in [3.05, 3.63) is 83.9 Å². The largest absolute Gasteiger partial charge is 0.455 e. The van der Waals surface area contributed by atoms with Gasteiger partial charge in [0.2, 0.25) is 5.91 Å². The number of benzene rings is 3. The van der Waals surface area contributed by atoms with Gasteiger partial charge in [0.05, 0.1) is 16.4 Å². The van der Waals surface area contributed by atoms with Gasteiger partial charge in [0.25, 0.3) is 0 Å². The molecule has 2 N–H and O–H groups in total. The van der Waals surface area contributed by atoms with Crippen molar-refractivity contribution in [2.24, 2.45) is 0 Å². The summed E-state index contributed by atoms with van der Waals surface area (Å²) in [6.45, 7) is 0.483. The van der Waals surface area contributed by atoms with Crippen LogP contribution < -0.4 is 15.4 Å². The molecule has 26 heavy (non-hydrogen) atoms. The second-order valence-corrected chi connectivity index (χ2v) is 6.02. The molecule has 0 spiro atoms. The lowest BCUT2D eigenvalue weighted by Crippen LogP contribution is -2.16. The summed E-state index contributed by atoms with van der Waals surface area (Å²) >= 11 is 6.09. The van der Waals surface area contributed by atoms with Crippen LogP contribution in [0.25, 0.3) is 0 Å². The molecule has 0 aliphatic heterocycles. The van der Waals surface area contributed by atoms with Gasteiger partial charge in [-0.2, -0.15) is 0 Å². The zero-order valence-electron chi connectivity index (χ0n) is 14.1. The van der Waals surface area contributed by atoms with Gasteiger partial charge in [-0.3, -0.25) is 4.79 Å². The normalized spacial score (nSPS) is 10.2. The molecule has 3 aromatic carbocycles. The molecule has 4 nitrogen and oxygen atoms in total. The molecule has 0 radical (unpaired) electrons. The summed E-state index contributed by atoms with van der Waals surface area (Å²) in [4.78, 5) is 12.3. The lowest BCUT2D eigenvalue weighted by atomic mass is 10.2. The van der Waals surface area contributed by atoms with E-state index in [1.54, 1.807) is 6.07 Å². The second-order valence-electron chi connectivity index (χ2n) is 5.62. The Morgan fingerprint density at radius 1 is 0.846 bits per heavy atom. The van der Waals surface area contributed by atoms with E-state index in [9.17, 15) is 4.79 Å². The quantitative estimate of drug-likeness (QED) is 0.574. The van der Waals surface area contributed by atoms with E-state index in [0.717, 1.165) is 11.4 Å². The predicted octanol–water partition coefficient (Wildman–Crippen LogP) is 5.57. The summed E-state index contributed by atoms with van der Waals surface area (Å²) in [5.74, 6) is 1.22. The molecule has 0 bridgehead atoms. The van der Waals surface area contributed by atoms with E-state index in [1.165, 1.54) is 0 Å². The summed E-state index contributed by atoms with van der Waals surface area (Å²) in [5, 5.41) is 6.69. The van der Waals surface area contributed by atoms with Crippen LogP contribution in [0.5, 0.6) is 11.5 Å². The number of rotatable bonds is 7. The molecule has 0 aromatic heterocycles. The predicted molar refractivity (Wildman–Crippen MR) is 106 cm³/mol. The van der Waals surface area contributed by atoms with Crippen molar-refractivity contribution in [2.45, 2.75) is 6.42 Å². The van der Waals surface area contributed by atoms with Gasteiger partial charge in [-0.25, -0.2) is 0 Å². The van der Waals surface area contributed by atoms with Gasteiger partial charge >= 0.3 is 0 Å². The van der Waals surface area contributed by atoms with Crippen LogP contribution in [-0.2, 0) is 4.79 Å². The molecule has 0 saturated carbocycles. The van der Waals surface area contributed by atoms with E-state index in [1.807, 2.05) is 72.8 Å². The summed E-state index contributed by atoms with van der Waals surface area (Å²) < 4.78 is 5.85. The number of amides is 1. The lowest BCUT2D eigenvalue weighted by Gasteiger charge is -2.13. The standard InChI is InChI=1S/C21H19ClN2O2/c22-17-10-4-5-11-18(17)23-15-14-21(25)24-19-12-6-7-13-20(19)26-16-8-2-1-3-9-16/h1-13,23H,14-15H2,(H,24,25). The van der Waals surface area contributed by atoms with Crippen molar-refractivity contribution < 1.29 is 9.53 Å². The van der Waals surface area contributed by atoms with Crippen LogP contribution in [0.2, 0.25) is 5.02 Å². The molecule has 3 rings (SSSR count). The van der Waals surface area contributed by atoms with Crippen molar-refractivity contribution in [3.8, 4) is 11.5 Å². The number of hydrogen-bond acceptors (Lipinski definition) is 3. The van der Waals surface area contributed by atoms with Gasteiger partial charge in [0, 0.05) is 13.0 Å². The Labute approximate surface area is 157 Å². The molecule has 1 amide bonds. The molecule has 0 heterocycles. The molecule has 132 valence electrons. The van der Waals surface area contributed by atoms with E-state index >= 15 is 0 Å². The summed E-state index contributed by atoms with van der Waals surface area (Å²) in [6.07, 6.45) is 0.310.